The van der Waals surface area contributed by atoms with E-state index in [1.165, 1.54) is 6.42 Å². The average molecular weight is 260 g/mol. The molecule has 0 atom stereocenters. The van der Waals surface area contributed by atoms with Crippen molar-refractivity contribution in [3.05, 3.63) is 26.9 Å². The molecule has 1 saturated heterocycles. The number of nitro groups is 1. The molecule has 0 aromatic carbocycles. The second-order valence-corrected chi connectivity index (χ2v) is 4.79. The van der Waals surface area contributed by atoms with Gasteiger partial charge >= 0.3 is 0 Å². The molecule has 0 bridgehead atoms. The first-order valence-electron chi connectivity index (χ1n) is 6.37. The molecular formula is C13H16N4O2. The molecule has 6 heteroatoms. The Balaban J connectivity index is 2.56. The van der Waals surface area contributed by atoms with Gasteiger partial charge in [0.05, 0.1) is 10.5 Å². The van der Waals surface area contributed by atoms with Crippen LogP contribution in [0.2, 0.25) is 0 Å². The Morgan fingerprint density at radius 2 is 1.95 bits per heavy atom. The van der Waals surface area contributed by atoms with Crippen LogP contribution in [0.5, 0.6) is 0 Å². The highest BCUT2D eigenvalue weighted by atomic mass is 16.6. The van der Waals surface area contributed by atoms with Crippen molar-refractivity contribution in [1.82, 2.24) is 4.98 Å². The summed E-state index contributed by atoms with van der Waals surface area (Å²) in [5.74, 6) is 0.600. The second-order valence-electron chi connectivity index (χ2n) is 4.79. The van der Waals surface area contributed by atoms with Crippen molar-refractivity contribution in [2.75, 3.05) is 18.0 Å². The Morgan fingerprint density at radius 3 is 2.47 bits per heavy atom. The van der Waals surface area contributed by atoms with E-state index in [-0.39, 0.29) is 5.69 Å². The topological polar surface area (TPSA) is 83.1 Å². The molecule has 0 N–H and O–H groups in total. The molecule has 1 aromatic rings. The summed E-state index contributed by atoms with van der Waals surface area (Å²) in [7, 11) is 0. The lowest BCUT2D eigenvalue weighted by Gasteiger charge is -2.29. The van der Waals surface area contributed by atoms with Gasteiger partial charge in [-0.3, -0.25) is 10.1 Å². The van der Waals surface area contributed by atoms with Crippen molar-refractivity contribution in [1.29, 1.82) is 5.26 Å². The molecule has 1 aliphatic heterocycles. The number of anilines is 1. The lowest BCUT2D eigenvalue weighted by molar-refractivity contribution is -0.386. The fourth-order valence-electron chi connectivity index (χ4n) is 2.56. The molecule has 0 radical (unpaired) electrons. The molecule has 6 nitrogen and oxygen atoms in total. The van der Waals surface area contributed by atoms with Crippen molar-refractivity contribution in [2.45, 2.75) is 33.1 Å². The first-order chi connectivity index (χ1) is 9.06. The first-order valence-corrected chi connectivity index (χ1v) is 6.37. The zero-order valence-electron chi connectivity index (χ0n) is 11.1. The van der Waals surface area contributed by atoms with Crippen molar-refractivity contribution in [2.24, 2.45) is 0 Å². The summed E-state index contributed by atoms with van der Waals surface area (Å²) < 4.78 is 0. The molecule has 0 unspecified atom stereocenters. The molecule has 19 heavy (non-hydrogen) atoms. The molecule has 1 aliphatic rings. The maximum absolute atomic E-state index is 11.0. The molecule has 0 amide bonds. The van der Waals surface area contributed by atoms with Crippen LogP contribution in [-0.4, -0.2) is 23.0 Å². The fraction of sp³-hybridized carbons (Fsp3) is 0.538. The largest absolute Gasteiger partial charge is 0.356 e. The van der Waals surface area contributed by atoms with Crippen LogP contribution in [0.4, 0.5) is 11.5 Å². The van der Waals surface area contributed by atoms with E-state index in [2.05, 4.69) is 16.0 Å². The summed E-state index contributed by atoms with van der Waals surface area (Å²) in [5.41, 5.74) is 1.08. The molecule has 0 aliphatic carbocycles. The van der Waals surface area contributed by atoms with Crippen molar-refractivity contribution >= 4 is 11.5 Å². The number of hydrogen-bond acceptors (Lipinski definition) is 5. The quantitative estimate of drug-likeness (QED) is 0.602. The van der Waals surface area contributed by atoms with Crippen LogP contribution in [0.15, 0.2) is 0 Å². The molecule has 2 heterocycles. The molecule has 1 fully saturated rings. The molecular weight excluding hydrogens is 244 g/mol. The summed E-state index contributed by atoms with van der Waals surface area (Å²) in [4.78, 5) is 17.0. The van der Waals surface area contributed by atoms with Crippen molar-refractivity contribution in [3.63, 3.8) is 0 Å². The van der Waals surface area contributed by atoms with E-state index in [0.29, 0.717) is 22.6 Å². The van der Waals surface area contributed by atoms with E-state index >= 15 is 0 Å². The minimum Gasteiger partial charge on any atom is -0.356 e. The highest BCUT2D eigenvalue weighted by molar-refractivity contribution is 5.64. The molecule has 100 valence electrons. The number of aryl methyl sites for hydroxylation is 1. The number of piperidine rings is 1. The van der Waals surface area contributed by atoms with Gasteiger partial charge in [-0.15, -0.1) is 0 Å². The van der Waals surface area contributed by atoms with Gasteiger partial charge in [0.25, 0.3) is 5.69 Å². The fourth-order valence-corrected chi connectivity index (χ4v) is 2.56. The van der Waals surface area contributed by atoms with Gasteiger partial charge in [0.15, 0.2) is 0 Å². The van der Waals surface area contributed by atoms with E-state index in [4.69, 9.17) is 0 Å². The number of nitriles is 1. The van der Waals surface area contributed by atoms with Gasteiger partial charge in [-0.25, -0.2) is 4.98 Å². The van der Waals surface area contributed by atoms with Crippen LogP contribution in [0, 0.1) is 35.3 Å². The molecule has 0 spiro atoms. The smallest absolute Gasteiger partial charge is 0.294 e. The molecule has 0 saturated carbocycles. The van der Waals surface area contributed by atoms with E-state index < -0.39 is 4.92 Å². The summed E-state index contributed by atoms with van der Waals surface area (Å²) >= 11 is 0. The van der Waals surface area contributed by atoms with Gasteiger partial charge in [-0.1, -0.05) is 0 Å². The van der Waals surface area contributed by atoms with Gasteiger partial charge < -0.3 is 4.90 Å². The highest BCUT2D eigenvalue weighted by Crippen LogP contribution is 2.31. The van der Waals surface area contributed by atoms with Gasteiger partial charge in [0.1, 0.15) is 23.1 Å². The number of aromatic nitrogens is 1. The van der Waals surface area contributed by atoms with Crippen LogP contribution in [0.25, 0.3) is 0 Å². The standard InChI is InChI=1S/C13H16N4O2/c1-9-11(8-14)13(16-6-4-3-5-7-16)15-10(2)12(9)17(18)19/h3-7H2,1-2H3. The Morgan fingerprint density at radius 1 is 1.32 bits per heavy atom. The minimum atomic E-state index is -0.460. The Kier molecular flexibility index (Phi) is 3.65. The van der Waals surface area contributed by atoms with E-state index in [0.717, 1.165) is 25.9 Å². The Hall–Kier alpha value is -2.16. The lowest BCUT2D eigenvalue weighted by Crippen LogP contribution is -2.31. The predicted octanol–water partition coefficient (Wildman–Crippen LogP) is 2.47. The average Bonchev–Trinajstić information content (AvgIpc) is 2.38. The third-order valence-electron chi connectivity index (χ3n) is 3.52. The Labute approximate surface area is 111 Å². The van der Waals surface area contributed by atoms with Crippen molar-refractivity contribution in [3.8, 4) is 6.07 Å². The van der Waals surface area contributed by atoms with E-state index in [1.807, 2.05) is 0 Å². The zero-order valence-corrected chi connectivity index (χ0v) is 11.1. The maximum Gasteiger partial charge on any atom is 0.294 e. The second kappa shape index (κ2) is 5.22. The third-order valence-corrected chi connectivity index (χ3v) is 3.52. The number of hydrogen-bond donors (Lipinski definition) is 0. The van der Waals surface area contributed by atoms with Crippen LogP contribution in [-0.2, 0) is 0 Å². The number of nitrogens with zero attached hydrogens (tertiary/aromatic N) is 4. The first kappa shape index (κ1) is 13.3. The number of rotatable bonds is 2. The summed E-state index contributed by atoms with van der Waals surface area (Å²) in [5, 5.41) is 20.3. The third kappa shape index (κ3) is 2.36. The molecule has 2 rings (SSSR count). The summed E-state index contributed by atoms with van der Waals surface area (Å²) in [6.07, 6.45) is 3.33. The van der Waals surface area contributed by atoms with Crippen LogP contribution in [0.1, 0.15) is 36.1 Å². The van der Waals surface area contributed by atoms with Gasteiger partial charge in [0, 0.05) is 13.1 Å². The van der Waals surface area contributed by atoms with Crippen LogP contribution >= 0.6 is 0 Å². The van der Waals surface area contributed by atoms with E-state index in [9.17, 15) is 15.4 Å². The highest BCUT2D eigenvalue weighted by Gasteiger charge is 2.26. The normalized spacial score (nSPS) is 15.1. The van der Waals surface area contributed by atoms with Gasteiger partial charge in [-0.2, -0.15) is 5.26 Å². The predicted molar refractivity (Wildman–Crippen MR) is 71.1 cm³/mol. The lowest BCUT2D eigenvalue weighted by atomic mass is 10.1. The van der Waals surface area contributed by atoms with Gasteiger partial charge in [0.2, 0.25) is 0 Å². The van der Waals surface area contributed by atoms with Gasteiger partial charge in [-0.05, 0) is 33.1 Å². The van der Waals surface area contributed by atoms with E-state index in [1.54, 1.807) is 13.8 Å². The number of pyridine rings is 1. The summed E-state index contributed by atoms with van der Waals surface area (Å²) in [6, 6.07) is 2.08. The zero-order chi connectivity index (χ0) is 14.0. The SMILES string of the molecule is Cc1nc(N2CCCCC2)c(C#N)c(C)c1[N+](=O)[O-]. The maximum atomic E-state index is 11.0. The van der Waals surface area contributed by atoms with Crippen molar-refractivity contribution < 1.29 is 4.92 Å². The molecule has 1 aromatic heterocycles. The van der Waals surface area contributed by atoms with Crippen LogP contribution < -0.4 is 4.90 Å². The summed E-state index contributed by atoms with van der Waals surface area (Å²) in [6.45, 7) is 4.97. The Bertz CT molecular complexity index is 557. The monoisotopic (exact) mass is 260 g/mol. The minimum absolute atomic E-state index is 0.0442. The van der Waals surface area contributed by atoms with Crippen LogP contribution in [0.3, 0.4) is 0 Å².